The molecule has 0 aliphatic rings. The number of anilines is 1. The lowest BCUT2D eigenvalue weighted by Gasteiger charge is -2.20. The van der Waals surface area contributed by atoms with E-state index < -0.39 is 0 Å². The summed E-state index contributed by atoms with van der Waals surface area (Å²) in [5, 5.41) is 3.57. The molecule has 1 aromatic rings. The van der Waals surface area contributed by atoms with E-state index in [1.54, 1.807) is 11.9 Å². The van der Waals surface area contributed by atoms with Crippen molar-refractivity contribution in [1.82, 2.24) is 10.3 Å². The molecule has 0 aliphatic heterocycles. The van der Waals surface area contributed by atoms with E-state index in [0.717, 1.165) is 0 Å². The molecule has 1 heterocycles. The Morgan fingerprint density at radius 2 is 2.00 bits per heavy atom. The molecule has 1 N–H and O–H groups in total. The number of rotatable bonds is 4. The molecule has 0 bridgehead atoms. The van der Waals surface area contributed by atoms with Gasteiger partial charge in [-0.3, -0.25) is 4.79 Å². The topological polar surface area (TPSA) is 45.2 Å². The minimum Gasteiger partial charge on any atom is -0.352 e. The molecule has 0 saturated heterocycles. The number of hydrogen-bond acceptors (Lipinski definition) is 3. The van der Waals surface area contributed by atoms with E-state index >= 15 is 0 Å². The number of likely N-dealkylation sites (N-methyl/N-ethyl adjacent to an activating group) is 1. The lowest BCUT2D eigenvalue weighted by Crippen LogP contribution is -2.38. The third-order valence-electron chi connectivity index (χ3n) is 2.06. The molecule has 18 heavy (non-hydrogen) atoms. The minimum atomic E-state index is -0.114. The molecule has 0 aromatic carbocycles. The maximum atomic E-state index is 11.6. The number of carbonyl (C=O) groups excluding carboxylic acids is 1. The summed E-state index contributed by atoms with van der Waals surface area (Å²) in [5.74, 6) is 0.307. The highest BCUT2D eigenvalue weighted by atomic mass is 35.5. The maximum Gasteiger partial charge on any atom is 0.239 e. The summed E-state index contributed by atoms with van der Waals surface area (Å²) in [7, 11) is 1.71. The minimum absolute atomic E-state index is 0.0862. The first-order valence-corrected chi connectivity index (χ1v) is 6.46. The second-order valence-corrected chi connectivity index (χ2v) is 5.32. The van der Waals surface area contributed by atoms with E-state index in [1.807, 2.05) is 13.8 Å². The summed E-state index contributed by atoms with van der Waals surface area (Å²) in [6.07, 6.45) is 0. The van der Waals surface area contributed by atoms with Gasteiger partial charge in [-0.25, -0.2) is 4.98 Å². The fourth-order valence-corrected chi connectivity index (χ4v) is 2.00. The lowest BCUT2D eigenvalue weighted by molar-refractivity contribution is -0.120. The van der Waals surface area contributed by atoms with Crippen LogP contribution in [0, 0.1) is 0 Å². The Kier molecular flexibility index (Phi) is 5.50. The van der Waals surface area contributed by atoms with E-state index in [1.165, 1.54) is 6.07 Å². The lowest BCUT2D eigenvalue weighted by atomic mass is 10.3. The molecule has 0 unspecified atom stereocenters. The van der Waals surface area contributed by atoms with Gasteiger partial charge in [-0.2, -0.15) is 0 Å². The van der Waals surface area contributed by atoms with Crippen molar-refractivity contribution >= 4 is 46.5 Å². The van der Waals surface area contributed by atoms with Crippen LogP contribution in [-0.2, 0) is 4.79 Å². The van der Waals surface area contributed by atoms with Gasteiger partial charge in [0.2, 0.25) is 5.91 Å². The van der Waals surface area contributed by atoms with Gasteiger partial charge in [-0.05, 0) is 19.9 Å². The second-order valence-electron chi connectivity index (χ2n) is 4.14. The molecule has 0 aliphatic carbocycles. The van der Waals surface area contributed by atoms with Crippen LogP contribution < -0.4 is 10.2 Å². The standard InChI is InChI=1S/C11H14Cl3N3O/c1-6(2)15-9(18)5-17(3)11-8(13)4-7(12)10(14)16-11/h4,6H,5H2,1-3H3,(H,15,18). The van der Waals surface area contributed by atoms with Crippen molar-refractivity contribution in [3.8, 4) is 0 Å². The van der Waals surface area contributed by atoms with Crippen LogP contribution in [0.25, 0.3) is 0 Å². The van der Waals surface area contributed by atoms with Crippen molar-refractivity contribution in [2.24, 2.45) is 0 Å². The predicted molar refractivity (Wildman–Crippen MR) is 75.8 cm³/mol. The number of amides is 1. The molecule has 1 aromatic heterocycles. The number of hydrogen-bond donors (Lipinski definition) is 1. The average molecular weight is 311 g/mol. The Morgan fingerprint density at radius 1 is 1.39 bits per heavy atom. The third kappa shape index (κ3) is 4.19. The van der Waals surface area contributed by atoms with Crippen molar-refractivity contribution in [3.05, 3.63) is 21.3 Å². The van der Waals surface area contributed by atoms with Crippen LogP contribution in [0.2, 0.25) is 15.2 Å². The quantitative estimate of drug-likeness (QED) is 0.870. The van der Waals surface area contributed by atoms with Gasteiger partial charge in [0, 0.05) is 13.1 Å². The Labute approximate surface area is 121 Å². The Hall–Kier alpha value is -0.710. The number of carbonyl (C=O) groups is 1. The zero-order chi connectivity index (χ0) is 13.9. The summed E-state index contributed by atoms with van der Waals surface area (Å²) >= 11 is 17.6. The summed E-state index contributed by atoms with van der Waals surface area (Å²) in [5.41, 5.74) is 0. The van der Waals surface area contributed by atoms with Crippen molar-refractivity contribution in [3.63, 3.8) is 0 Å². The van der Waals surface area contributed by atoms with Crippen LogP contribution in [0.3, 0.4) is 0 Å². The first kappa shape index (κ1) is 15.3. The van der Waals surface area contributed by atoms with Crippen molar-refractivity contribution in [2.45, 2.75) is 19.9 Å². The van der Waals surface area contributed by atoms with E-state index in [9.17, 15) is 4.79 Å². The fourth-order valence-electron chi connectivity index (χ4n) is 1.36. The Morgan fingerprint density at radius 3 is 2.56 bits per heavy atom. The molecule has 0 fully saturated rings. The van der Waals surface area contributed by atoms with Gasteiger partial charge in [-0.15, -0.1) is 0 Å². The summed E-state index contributed by atoms with van der Waals surface area (Å²) in [4.78, 5) is 17.3. The Balaban J connectivity index is 2.81. The van der Waals surface area contributed by atoms with E-state index in [4.69, 9.17) is 34.8 Å². The molecular formula is C11H14Cl3N3O. The van der Waals surface area contributed by atoms with Gasteiger partial charge < -0.3 is 10.2 Å². The normalized spacial score (nSPS) is 10.6. The van der Waals surface area contributed by atoms with Gasteiger partial charge in [0.1, 0.15) is 11.0 Å². The monoisotopic (exact) mass is 309 g/mol. The first-order valence-electron chi connectivity index (χ1n) is 5.33. The fraction of sp³-hybridized carbons (Fsp3) is 0.455. The molecule has 0 atom stereocenters. The highest BCUT2D eigenvalue weighted by Gasteiger charge is 2.14. The molecule has 0 radical (unpaired) electrons. The van der Waals surface area contributed by atoms with Gasteiger partial charge in [-0.1, -0.05) is 34.8 Å². The van der Waals surface area contributed by atoms with Crippen molar-refractivity contribution in [2.75, 3.05) is 18.5 Å². The number of nitrogens with zero attached hydrogens (tertiary/aromatic N) is 2. The largest absolute Gasteiger partial charge is 0.352 e. The highest BCUT2D eigenvalue weighted by molar-refractivity contribution is 6.42. The van der Waals surface area contributed by atoms with Gasteiger partial charge in [0.15, 0.2) is 0 Å². The number of aromatic nitrogens is 1. The SMILES string of the molecule is CC(C)NC(=O)CN(C)c1nc(Cl)c(Cl)cc1Cl. The van der Waals surface area contributed by atoms with Crippen LogP contribution in [0.4, 0.5) is 5.82 Å². The Bertz CT molecular complexity index is 451. The van der Waals surface area contributed by atoms with Crippen molar-refractivity contribution in [1.29, 1.82) is 0 Å². The molecule has 4 nitrogen and oxygen atoms in total. The smallest absolute Gasteiger partial charge is 0.239 e. The number of pyridine rings is 1. The van der Waals surface area contributed by atoms with E-state index in [2.05, 4.69) is 10.3 Å². The zero-order valence-electron chi connectivity index (χ0n) is 10.3. The van der Waals surface area contributed by atoms with E-state index in [-0.39, 0.29) is 28.7 Å². The molecule has 7 heteroatoms. The second kappa shape index (κ2) is 6.45. The molecule has 0 spiro atoms. The molecule has 0 saturated carbocycles. The molecular weight excluding hydrogens is 296 g/mol. The molecule has 100 valence electrons. The van der Waals surface area contributed by atoms with Crippen LogP contribution in [0.1, 0.15) is 13.8 Å². The van der Waals surface area contributed by atoms with Crippen LogP contribution >= 0.6 is 34.8 Å². The van der Waals surface area contributed by atoms with Gasteiger partial charge >= 0.3 is 0 Å². The molecule has 1 rings (SSSR count). The highest BCUT2D eigenvalue weighted by Crippen LogP contribution is 2.30. The summed E-state index contributed by atoms with van der Waals surface area (Å²) < 4.78 is 0. The van der Waals surface area contributed by atoms with Gasteiger partial charge in [0.05, 0.1) is 16.6 Å². The summed E-state index contributed by atoms with van der Waals surface area (Å²) in [6, 6.07) is 1.59. The third-order valence-corrected chi connectivity index (χ3v) is 3.01. The number of halogens is 3. The molecule has 1 amide bonds. The van der Waals surface area contributed by atoms with Gasteiger partial charge in [0.25, 0.3) is 0 Å². The van der Waals surface area contributed by atoms with E-state index in [0.29, 0.717) is 10.8 Å². The maximum absolute atomic E-state index is 11.6. The summed E-state index contributed by atoms with van der Waals surface area (Å²) in [6.45, 7) is 3.92. The predicted octanol–water partition coefficient (Wildman–Crippen LogP) is 3.00. The van der Waals surface area contributed by atoms with Crippen LogP contribution in [0.15, 0.2) is 6.07 Å². The number of nitrogens with one attached hydrogen (secondary N) is 1. The first-order chi connectivity index (χ1) is 8.31. The van der Waals surface area contributed by atoms with Crippen LogP contribution in [-0.4, -0.2) is 30.5 Å². The average Bonchev–Trinajstić information content (AvgIpc) is 2.21. The van der Waals surface area contributed by atoms with Crippen LogP contribution in [0.5, 0.6) is 0 Å². The van der Waals surface area contributed by atoms with Crippen molar-refractivity contribution < 1.29 is 4.79 Å². The zero-order valence-corrected chi connectivity index (χ0v) is 12.6.